The van der Waals surface area contributed by atoms with E-state index in [0.29, 0.717) is 22.8 Å². The van der Waals surface area contributed by atoms with E-state index in [-0.39, 0.29) is 17.3 Å². The number of rotatable bonds is 12. The number of halogens is 1. The topological polar surface area (TPSA) is 86.8 Å². The van der Waals surface area contributed by atoms with Crippen LogP contribution in [0.3, 0.4) is 0 Å². The number of hydrogen-bond donors (Lipinski definition) is 1. The molecule has 0 unspecified atom stereocenters. The molecule has 0 spiro atoms. The van der Waals surface area contributed by atoms with Gasteiger partial charge < -0.3 is 10.2 Å². The second kappa shape index (κ2) is 13.6. The maximum absolute atomic E-state index is 14.0. The highest BCUT2D eigenvalue weighted by atomic mass is 35.5. The van der Waals surface area contributed by atoms with Gasteiger partial charge in [0.15, 0.2) is 0 Å². The minimum Gasteiger partial charge on any atom is -0.354 e. The predicted octanol–water partition coefficient (Wildman–Crippen LogP) is 5.49. The fraction of sp³-hybridized carbons (Fsp3) is 0.333. The van der Waals surface area contributed by atoms with Crippen molar-refractivity contribution in [2.24, 2.45) is 0 Å². The molecule has 9 heteroatoms. The highest BCUT2D eigenvalue weighted by Gasteiger charge is 2.33. The van der Waals surface area contributed by atoms with Gasteiger partial charge in [0.25, 0.3) is 10.0 Å². The molecule has 208 valence electrons. The Bertz CT molecular complexity index is 1400. The van der Waals surface area contributed by atoms with Crippen LogP contribution in [0.4, 0.5) is 5.69 Å². The normalized spacial score (nSPS) is 12.0. The Balaban J connectivity index is 2.03. The number of carbonyl (C=O) groups is 2. The SMILES string of the molecule is CCCCNC(=O)[C@@H](C)N(Cc1cccc(C)c1)C(=O)CN(c1cccc(Cl)c1C)S(=O)(=O)c1ccccc1. The first kappa shape index (κ1) is 30.2. The van der Waals surface area contributed by atoms with Crippen molar-refractivity contribution in [3.05, 3.63) is 94.5 Å². The number of benzene rings is 3. The van der Waals surface area contributed by atoms with E-state index in [2.05, 4.69) is 5.32 Å². The zero-order valence-corrected chi connectivity index (χ0v) is 24.4. The standard InChI is InChI=1S/C30H36ClN3O4S/c1-5-6-18-32-30(36)24(4)33(20-25-13-10-12-22(2)19-25)29(35)21-34(28-17-11-16-27(31)23(28)3)39(37,38)26-14-8-7-9-15-26/h7-17,19,24H,5-6,18,20-21H2,1-4H3,(H,32,36)/t24-/m1/s1. The van der Waals surface area contributed by atoms with Crippen molar-refractivity contribution < 1.29 is 18.0 Å². The Kier molecular flexibility index (Phi) is 10.5. The molecular formula is C30H36ClN3O4S. The second-order valence-corrected chi connectivity index (χ2v) is 11.8. The molecule has 3 aromatic carbocycles. The molecule has 39 heavy (non-hydrogen) atoms. The molecule has 0 aliphatic rings. The quantitative estimate of drug-likeness (QED) is 0.292. The van der Waals surface area contributed by atoms with Crippen LogP contribution in [-0.4, -0.2) is 44.3 Å². The maximum atomic E-state index is 14.0. The number of unbranched alkanes of at least 4 members (excludes halogenated alkanes) is 1. The van der Waals surface area contributed by atoms with Gasteiger partial charge in [0, 0.05) is 18.1 Å². The van der Waals surface area contributed by atoms with Crippen molar-refractivity contribution in [2.75, 3.05) is 17.4 Å². The summed E-state index contributed by atoms with van der Waals surface area (Å²) in [6, 6.07) is 19.7. The van der Waals surface area contributed by atoms with Gasteiger partial charge in [0.05, 0.1) is 10.6 Å². The molecule has 0 radical (unpaired) electrons. The average molecular weight is 570 g/mol. The van der Waals surface area contributed by atoms with Crippen molar-refractivity contribution in [2.45, 2.75) is 58.0 Å². The Labute approximate surface area is 236 Å². The lowest BCUT2D eigenvalue weighted by Gasteiger charge is -2.32. The number of hydrogen-bond acceptors (Lipinski definition) is 4. The van der Waals surface area contributed by atoms with Crippen LogP contribution >= 0.6 is 11.6 Å². The van der Waals surface area contributed by atoms with Crippen LogP contribution in [0.2, 0.25) is 5.02 Å². The molecule has 0 bridgehead atoms. The molecule has 0 saturated carbocycles. The number of sulfonamides is 1. The molecule has 3 rings (SSSR count). The predicted molar refractivity (Wildman–Crippen MR) is 156 cm³/mol. The molecule has 1 N–H and O–H groups in total. The number of aryl methyl sites for hydroxylation is 1. The lowest BCUT2D eigenvalue weighted by Crippen LogP contribution is -2.51. The van der Waals surface area contributed by atoms with Crippen LogP contribution in [0.5, 0.6) is 0 Å². The third-order valence-corrected chi connectivity index (χ3v) is 8.73. The third kappa shape index (κ3) is 7.61. The summed E-state index contributed by atoms with van der Waals surface area (Å²) in [5.41, 5.74) is 2.69. The first-order valence-electron chi connectivity index (χ1n) is 13.0. The van der Waals surface area contributed by atoms with E-state index in [1.54, 1.807) is 50.2 Å². The number of nitrogens with zero attached hydrogens (tertiary/aromatic N) is 2. The van der Waals surface area contributed by atoms with E-state index in [4.69, 9.17) is 11.6 Å². The summed E-state index contributed by atoms with van der Waals surface area (Å²) in [6.45, 7) is 7.50. The molecule has 3 aromatic rings. The Hall–Kier alpha value is -3.36. The zero-order valence-electron chi connectivity index (χ0n) is 22.9. The van der Waals surface area contributed by atoms with E-state index < -0.39 is 28.5 Å². The van der Waals surface area contributed by atoms with Crippen molar-refractivity contribution >= 4 is 39.1 Å². The summed E-state index contributed by atoms with van der Waals surface area (Å²) in [7, 11) is -4.14. The van der Waals surface area contributed by atoms with E-state index in [1.807, 2.05) is 38.1 Å². The molecule has 0 aromatic heterocycles. The largest absolute Gasteiger partial charge is 0.354 e. The summed E-state index contributed by atoms with van der Waals surface area (Å²) >= 11 is 6.36. The van der Waals surface area contributed by atoms with E-state index in [0.717, 1.165) is 28.3 Å². The van der Waals surface area contributed by atoms with E-state index in [1.165, 1.54) is 17.0 Å². The fourth-order valence-corrected chi connectivity index (χ4v) is 5.89. The smallest absolute Gasteiger partial charge is 0.264 e. The number of anilines is 1. The molecule has 0 aliphatic carbocycles. The van der Waals surface area contributed by atoms with Crippen LogP contribution in [0.25, 0.3) is 0 Å². The Morgan fingerprint density at radius 2 is 1.67 bits per heavy atom. The molecule has 0 heterocycles. The van der Waals surface area contributed by atoms with E-state index in [9.17, 15) is 18.0 Å². The van der Waals surface area contributed by atoms with Crippen LogP contribution in [0, 0.1) is 13.8 Å². The number of nitrogens with one attached hydrogen (secondary N) is 1. The van der Waals surface area contributed by atoms with Crippen LogP contribution in [0.1, 0.15) is 43.4 Å². The third-order valence-electron chi connectivity index (χ3n) is 6.55. The van der Waals surface area contributed by atoms with Crippen LogP contribution < -0.4 is 9.62 Å². The van der Waals surface area contributed by atoms with Crippen molar-refractivity contribution in [1.29, 1.82) is 0 Å². The lowest BCUT2D eigenvalue weighted by molar-refractivity contribution is -0.139. The van der Waals surface area contributed by atoms with Gasteiger partial charge in [-0.1, -0.05) is 79.0 Å². The second-order valence-electron chi connectivity index (χ2n) is 9.54. The average Bonchev–Trinajstić information content (AvgIpc) is 2.92. The molecule has 0 aliphatic heterocycles. The summed E-state index contributed by atoms with van der Waals surface area (Å²) in [6.07, 6.45) is 1.74. The lowest BCUT2D eigenvalue weighted by atomic mass is 10.1. The van der Waals surface area contributed by atoms with Gasteiger partial charge in [0.2, 0.25) is 11.8 Å². The first-order valence-corrected chi connectivity index (χ1v) is 14.8. The highest BCUT2D eigenvalue weighted by molar-refractivity contribution is 7.92. The summed E-state index contributed by atoms with van der Waals surface area (Å²) in [5, 5.41) is 3.27. The van der Waals surface area contributed by atoms with Crippen LogP contribution in [-0.2, 0) is 26.2 Å². The monoisotopic (exact) mass is 569 g/mol. The Morgan fingerprint density at radius 3 is 2.33 bits per heavy atom. The van der Waals surface area contributed by atoms with Crippen molar-refractivity contribution in [3.63, 3.8) is 0 Å². The molecule has 7 nitrogen and oxygen atoms in total. The van der Waals surface area contributed by atoms with Gasteiger partial charge in [-0.2, -0.15) is 0 Å². The van der Waals surface area contributed by atoms with E-state index >= 15 is 0 Å². The van der Waals surface area contributed by atoms with Gasteiger partial charge >= 0.3 is 0 Å². The summed E-state index contributed by atoms with van der Waals surface area (Å²) in [5.74, 6) is -0.797. The van der Waals surface area contributed by atoms with Gasteiger partial charge in [-0.05, 0) is 62.6 Å². The highest BCUT2D eigenvalue weighted by Crippen LogP contribution is 2.31. The molecule has 2 amide bonds. The van der Waals surface area contributed by atoms with Crippen molar-refractivity contribution in [1.82, 2.24) is 10.2 Å². The zero-order chi connectivity index (χ0) is 28.6. The number of carbonyl (C=O) groups excluding carboxylic acids is 2. The first-order chi connectivity index (χ1) is 18.6. The van der Waals surface area contributed by atoms with Gasteiger partial charge in [-0.25, -0.2) is 8.42 Å². The van der Waals surface area contributed by atoms with Crippen LogP contribution in [0.15, 0.2) is 77.7 Å². The minimum absolute atomic E-state index is 0.0489. The maximum Gasteiger partial charge on any atom is 0.264 e. The fourth-order valence-electron chi connectivity index (χ4n) is 4.23. The van der Waals surface area contributed by atoms with Gasteiger partial charge in [-0.15, -0.1) is 0 Å². The summed E-state index contributed by atoms with van der Waals surface area (Å²) < 4.78 is 28.8. The van der Waals surface area contributed by atoms with Crippen molar-refractivity contribution in [3.8, 4) is 0 Å². The minimum atomic E-state index is -4.14. The molecule has 0 fully saturated rings. The summed E-state index contributed by atoms with van der Waals surface area (Å²) in [4.78, 5) is 28.5. The Morgan fingerprint density at radius 1 is 0.974 bits per heavy atom. The number of amides is 2. The molecule has 0 saturated heterocycles. The van der Waals surface area contributed by atoms with Gasteiger partial charge in [0.1, 0.15) is 12.6 Å². The van der Waals surface area contributed by atoms with Gasteiger partial charge in [-0.3, -0.25) is 13.9 Å². The molecule has 1 atom stereocenters. The molecular weight excluding hydrogens is 534 g/mol.